The third-order valence-electron chi connectivity index (χ3n) is 4.49. The summed E-state index contributed by atoms with van der Waals surface area (Å²) in [5.74, 6) is -1.12. The normalized spacial score (nSPS) is 17.3. The molecule has 1 heterocycles. The van der Waals surface area contributed by atoms with E-state index in [-0.39, 0.29) is 35.0 Å². The molecule has 0 radical (unpaired) electrons. The Balaban J connectivity index is 1.53. The second-order valence-corrected chi connectivity index (χ2v) is 7.04. The Morgan fingerprint density at radius 1 is 1.15 bits per heavy atom. The summed E-state index contributed by atoms with van der Waals surface area (Å²) >= 11 is 5.71. The molecule has 142 valence electrons. The fraction of sp³-hybridized carbons (Fsp3) is 0.300. The molecule has 0 saturated carbocycles. The van der Waals surface area contributed by atoms with Crippen molar-refractivity contribution in [3.8, 4) is 0 Å². The van der Waals surface area contributed by atoms with Crippen LogP contribution in [0.2, 0.25) is 5.02 Å². The van der Waals surface area contributed by atoms with Gasteiger partial charge in [-0.25, -0.2) is 4.39 Å². The first kappa shape index (κ1) is 19.3. The molecule has 0 aliphatic carbocycles. The number of halogens is 2. The van der Waals surface area contributed by atoms with Gasteiger partial charge in [-0.3, -0.25) is 14.5 Å². The molecule has 7 heteroatoms. The summed E-state index contributed by atoms with van der Waals surface area (Å²) < 4.78 is 13.8. The fourth-order valence-corrected chi connectivity index (χ4v) is 3.32. The minimum atomic E-state index is -0.574. The lowest BCUT2D eigenvalue weighted by Gasteiger charge is -2.31. The molecular weight excluding hydrogens is 369 g/mol. The summed E-state index contributed by atoms with van der Waals surface area (Å²) in [5, 5.41) is 5.74. The second kappa shape index (κ2) is 8.97. The summed E-state index contributed by atoms with van der Waals surface area (Å²) in [6, 6.07) is 13.4. The molecule has 0 aromatic heterocycles. The van der Waals surface area contributed by atoms with Crippen molar-refractivity contribution in [1.29, 1.82) is 0 Å². The first-order chi connectivity index (χ1) is 13.0. The average Bonchev–Trinajstić information content (AvgIpc) is 2.65. The van der Waals surface area contributed by atoms with Gasteiger partial charge in [-0.2, -0.15) is 0 Å². The Hall–Kier alpha value is -2.44. The minimum Gasteiger partial charge on any atom is -0.326 e. The van der Waals surface area contributed by atoms with Crippen molar-refractivity contribution in [2.45, 2.75) is 12.8 Å². The van der Waals surface area contributed by atoms with Gasteiger partial charge < -0.3 is 10.6 Å². The number of benzene rings is 2. The van der Waals surface area contributed by atoms with Crippen LogP contribution in [0.4, 0.5) is 15.8 Å². The molecular formula is C20H21ClFN3O2. The predicted octanol–water partition coefficient (Wildman–Crippen LogP) is 3.77. The SMILES string of the molecule is O=C(CN1CCC[C@H](C(=O)Nc2ccccc2)C1)Nc1ccc(Cl)cc1F. The molecule has 1 aliphatic heterocycles. The number of rotatable bonds is 5. The van der Waals surface area contributed by atoms with Gasteiger partial charge in [-0.15, -0.1) is 0 Å². The van der Waals surface area contributed by atoms with Crippen LogP contribution in [0.1, 0.15) is 12.8 Å². The van der Waals surface area contributed by atoms with E-state index >= 15 is 0 Å². The van der Waals surface area contributed by atoms with Crippen molar-refractivity contribution in [1.82, 2.24) is 4.90 Å². The number of para-hydroxylation sites is 1. The number of amides is 2. The van der Waals surface area contributed by atoms with E-state index < -0.39 is 5.82 Å². The summed E-state index contributed by atoms with van der Waals surface area (Å²) in [6.45, 7) is 1.33. The summed E-state index contributed by atoms with van der Waals surface area (Å²) in [7, 11) is 0. The molecule has 0 spiro atoms. The van der Waals surface area contributed by atoms with Gasteiger partial charge >= 0.3 is 0 Å². The van der Waals surface area contributed by atoms with Crippen LogP contribution in [0.15, 0.2) is 48.5 Å². The van der Waals surface area contributed by atoms with E-state index in [0.717, 1.165) is 31.1 Å². The Kier molecular flexibility index (Phi) is 6.42. The van der Waals surface area contributed by atoms with Gasteiger partial charge in [0.1, 0.15) is 5.82 Å². The third kappa shape index (κ3) is 5.52. The molecule has 2 amide bonds. The molecule has 0 unspecified atom stereocenters. The van der Waals surface area contributed by atoms with Gasteiger partial charge in [0.2, 0.25) is 11.8 Å². The molecule has 1 saturated heterocycles. The molecule has 5 nitrogen and oxygen atoms in total. The van der Waals surface area contributed by atoms with Crippen molar-refractivity contribution < 1.29 is 14.0 Å². The van der Waals surface area contributed by atoms with E-state index in [1.165, 1.54) is 12.1 Å². The topological polar surface area (TPSA) is 61.4 Å². The van der Waals surface area contributed by atoms with Crippen molar-refractivity contribution in [3.05, 3.63) is 59.4 Å². The average molecular weight is 390 g/mol. The van der Waals surface area contributed by atoms with E-state index in [1.807, 2.05) is 35.2 Å². The van der Waals surface area contributed by atoms with Crippen LogP contribution >= 0.6 is 11.6 Å². The van der Waals surface area contributed by atoms with Gasteiger partial charge in [0.05, 0.1) is 18.2 Å². The highest BCUT2D eigenvalue weighted by Gasteiger charge is 2.27. The summed E-state index contributed by atoms with van der Waals surface area (Å²) in [5.41, 5.74) is 0.857. The smallest absolute Gasteiger partial charge is 0.238 e. The van der Waals surface area contributed by atoms with Gasteiger partial charge in [-0.05, 0) is 49.7 Å². The zero-order valence-corrected chi connectivity index (χ0v) is 15.5. The van der Waals surface area contributed by atoms with Crippen molar-refractivity contribution in [3.63, 3.8) is 0 Å². The van der Waals surface area contributed by atoms with E-state index in [9.17, 15) is 14.0 Å². The number of nitrogens with zero attached hydrogens (tertiary/aromatic N) is 1. The van der Waals surface area contributed by atoms with Crippen LogP contribution < -0.4 is 10.6 Å². The number of carbonyl (C=O) groups excluding carboxylic acids is 2. The maximum Gasteiger partial charge on any atom is 0.238 e. The maximum absolute atomic E-state index is 13.8. The van der Waals surface area contributed by atoms with Crippen LogP contribution in [-0.2, 0) is 9.59 Å². The van der Waals surface area contributed by atoms with E-state index in [2.05, 4.69) is 10.6 Å². The highest BCUT2D eigenvalue weighted by atomic mass is 35.5. The van der Waals surface area contributed by atoms with E-state index in [0.29, 0.717) is 6.54 Å². The Morgan fingerprint density at radius 2 is 1.93 bits per heavy atom. The van der Waals surface area contributed by atoms with Gasteiger partial charge in [0.15, 0.2) is 0 Å². The molecule has 1 atom stereocenters. The maximum atomic E-state index is 13.8. The number of anilines is 2. The Morgan fingerprint density at radius 3 is 2.67 bits per heavy atom. The Bertz CT molecular complexity index is 816. The lowest BCUT2D eigenvalue weighted by atomic mass is 9.97. The first-order valence-electron chi connectivity index (χ1n) is 8.84. The van der Waals surface area contributed by atoms with E-state index in [4.69, 9.17) is 11.6 Å². The number of hydrogen-bond donors (Lipinski definition) is 2. The van der Waals surface area contributed by atoms with E-state index in [1.54, 1.807) is 0 Å². The van der Waals surface area contributed by atoms with Crippen LogP contribution in [0.25, 0.3) is 0 Å². The summed E-state index contributed by atoms with van der Waals surface area (Å²) in [4.78, 5) is 26.6. The molecule has 3 rings (SSSR count). The number of hydrogen-bond acceptors (Lipinski definition) is 3. The van der Waals surface area contributed by atoms with Crippen LogP contribution in [-0.4, -0.2) is 36.3 Å². The predicted molar refractivity (Wildman–Crippen MR) is 104 cm³/mol. The lowest BCUT2D eigenvalue weighted by Crippen LogP contribution is -2.44. The van der Waals surface area contributed by atoms with Gasteiger partial charge in [-0.1, -0.05) is 29.8 Å². The molecule has 1 aliphatic rings. The van der Waals surface area contributed by atoms with Crippen molar-refractivity contribution in [2.75, 3.05) is 30.3 Å². The monoisotopic (exact) mass is 389 g/mol. The standard InChI is InChI=1S/C20H21ClFN3O2/c21-15-8-9-18(17(22)11-15)24-19(26)13-25-10-4-5-14(12-25)20(27)23-16-6-2-1-3-7-16/h1-3,6-9,11,14H,4-5,10,12-13H2,(H,23,27)(H,24,26)/t14-/m0/s1. The lowest BCUT2D eigenvalue weighted by molar-refractivity contribution is -0.123. The highest BCUT2D eigenvalue weighted by Crippen LogP contribution is 2.21. The van der Waals surface area contributed by atoms with Gasteiger partial charge in [0.25, 0.3) is 0 Å². The zero-order valence-electron chi connectivity index (χ0n) is 14.8. The third-order valence-corrected chi connectivity index (χ3v) is 4.73. The number of carbonyl (C=O) groups is 2. The van der Waals surface area contributed by atoms with Crippen LogP contribution in [0.3, 0.4) is 0 Å². The number of likely N-dealkylation sites (tertiary alicyclic amines) is 1. The quantitative estimate of drug-likeness (QED) is 0.818. The van der Waals surface area contributed by atoms with Crippen LogP contribution in [0, 0.1) is 11.7 Å². The first-order valence-corrected chi connectivity index (χ1v) is 9.22. The van der Waals surface area contributed by atoms with Crippen molar-refractivity contribution >= 4 is 34.8 Å². The highest BCUT2D eigenvalue weighted by molar-refractivity contribution is 6.30. The summed E-state index contributed by atoms with van der Waals surface area (Å²) in [6.07, 6.45) is 1.61. The number of nitrogens with one attached hydrogen (secondary N) is 2. The van der Waals surface area contributed by atoms with Crippen LogP contribution in [0.5, 0.6) is 0 Å². The molecule has 0 bridgehead atoms. The zero-order chi connectivity index (χ0) is 19.2. The molecule has 1 fully saturated rings. The molecule has 27 heavy (non-hydrogen) atoms. The fourth-order valence-electron chi connectivity index (χ4n) is 3.16. The minimum absolute atomic E-state index is 0.0462. The second-order valence-electron chi connectivity index (χ2n) is 6.60. The largest absolute Gasteiger partial charge is 0.326 e. The molecule has 2 N–H and O–H groups in total. The Labute approximate surface area is 162 Å². The molecule has 2 aromatic carbocycles. The number of piperidine rings is 1. The molecule has 2 aromatic rings. The van der Waals surface area contributed by atoms with Crippen molar-refractivity contribution in [2.24, 2.45) is 5.92 Å². The van der Waals surface area contributed by atoms with Gasteiger partial charge in [0, 0.05) is 17.3 Å².